The summed E-state index contributed by atoms with van der Waals surface area (Å²) in [6.07, 6.45) is -6.03. The molecule has 3 N–H and O–H groups in total. The van der Waals surface area contributed by atoms with Gasteiger partial charge in [-0.2, -0.15) is 13.2 Å². The number of amides is 1. The molecule has 2 unspecified atom stereocenters. The predicted octanol–water partition coefficient (Wildman–Crippen LogP) is 5.31. The molecule has 1 amide bonds. The Morgan fingerprint density at radius 3 is 2.71 bits per heavy atom. The molecule has 2 heterocycles. The topological polar surface area (TPSA) is 74.9 Å². The second kappa shape index (κ2) is 14.1. The van der Waals surface area contributed by atoms with Crippen LogP contribution >= 0.6 is 11.3 Å². The fraction of sp³-hybridized carbons (Fsp3) is 0.433. The minimum Gasteiger partial charge on any atom is -0.495 e. The Balaban J connectivity index is 1.54. The van der Waals surface area contributed by atoms with Crippen molar-refractivity contribution in [3.8, 4) is 17.6 Å². The molecule has 1 aromatic heterocycles. The SMILES string of the molecule is COCCNC(=O)c1ccc(NCC#Cc2sc3c(NC4CCN(C)CC4F)cccc3c2CC(F)(F)F)c(OC)c1. The number of rotatable bonds is 10. The number of hydrogen-bond donors (Lipinski definition) is 3. The molecule has 1 aliphatic rings. The number of halogens is 4. The highest BCUT2D eigenvalue weighted by Gasteiger charge is 2.32. The number of ether oxygens (including phenoxy) is 2. The first-order valence-corrected chi connectivity index (χ1v) is 14.3. The monoisotopic (exact) mass is 606 g/mol. The molecule has 0 spiro atoms. The molecule has 7 nitrogen and oxygen atoms in total. The van der Waals surface area contributed by atoms with Gasteiger partial charge in [0.1, 0.15) is 11.9 Å². The van der Waals surface area contributed by atoms with Crippen molar-refractivity contribution in [3.05, 3.63) is 52.4 Å². The number of hydrogen-bond acceptors (Lipinski definition) is 7. The fourth-order valence-corrected chi connectivity index (χ4v) is 5.96. The van der Waals surface area contributed by atoms with Gasteiger partial charge in [0.2, 0.25) is 0 Å². The highest BCUT2D eigenvalue weighted by molar-refractivity contribution is 7.20. The Morgan fingerprint density at radius 1 is 1.19 bits per heavy atom. The fourth-order valence-electron chi connectivity index (χ4n) is 4.79. The molecule has 226 valence electrons. The molecule has 0 aliphatic carbocycles. The van der Waals surface area contributed by atoms with E-state index in [1.165, 1.54) is 18.4 Å². The van der Waals surface area contributed by atoms with Crippen LogP contribution in [0.1, 0.15) is 27.2 Å². The van der Waals surface area contributed by atoms with Crippen molar-refractivity contribution in [3.63, 3.8) is 0 Å². The highest BCUT2D eigenvalue weighted by Crippen LogP contribution is 2.39. The van der Waals surface area contributed by atoms with Gasteiger partial charge in [-0.15, -0.1) is 11.3 Å². The summed E-state index contributed by atoms with van der Waals surface area (Å²) in [7, 11) is 4.88. The third kappa shape index (κ3) is 8.06. The van der Waals surface area contributed by atoms with Gasteiger partial charge in [-0.25, -0.2) is 4.39 Å². The quantitative estimate of drug-likeness (QED) is 0.165. The third-order valence-corrected chi connectivity index (χ3v) is 8.10. The standard InChI is InChI=1S/C30H34F4N4O3S/c1-38-14-11-23(22(31)18-38)37-25-7-4-6-20-21(17-30(32,33)34)27(42-28(20)25)8-5-12-35-24-10-9-19(16-26(24)41-3)29(39)36-13-15-40-2/h4,6-7,9-10,16,22-23,35,37H,11-15,17-18H2,1-3H3,(H,36,39). The van der Waals surface area contributed by atoms with Gasteiger partial charge >= 0.3 is 6.18 Å². The number of nitrogens with one attached hydrogen (secondary N) is 3. The summed E-state index contributed by atoms with van der Waals surface area (Å²) >= 11 is 1.17. The van der Waals surface area contributed by atoms with Crippen LogP contribution in [0.15, 0.2) is 36.4 Å². The zero-order valence-corrected chi connectivity index (χ0v) is 24.5. The average Bonchev–Trinajstić information content (AvgIpc) is 3.29. The highest BCUT2D eigenvalue weighted by atomic mass is 32.1. The van der Waals surface area contributed by atoms with Crippen LogP contribution in [0.4, 0.5) is 28.9 Å². The molecule has 4 rings (SSSR count). The van der Waals surface area contributed by atoms with Crippen molar-refractivity contribution in [2.45, 2.75) is 31.2 Å². The van der Waals surface area contributed by atoms with Crippen LogP contribution in [0, 0.1) is 11.8 Å². The largest absolute Gasteiger partial charge is 0.495 e. The number of piperidine rings is 1. The number of anilines is 2. The van der Waals surface area contributed by atoms with E-state index in [1.807, 2.05) is 11.9 Å². The van der Waals surface area contributed by atoms with Gasteiger partial charge in [0, 0.05) is 32.3 Å². The Bertz CT molecular complexity index is 1450. The summed E-state index contributed by atoms with van der Waals surface area (Å²) in [4.78, 5) is 14.5. The lowest BCUT2D eigenvalue weighted by molar-refractivity contribution is -0.126. The molecule has 3 aromatic rings. The molecular weight excluding hydrogens is 572 g/mol. The predicted molar refractivity (Wildman–Crippen MR) is 159 cm³/mol. The van der Waals surface area contributed by atoms with Gasteiger partial charge in [0.05, 0.1) is 53.7 Å². The molecule has 12 heteroatoms. The minimum absolute atomic E-state index is 0.111. The van der Waals surface area contributed by atoms with Gasteiger partial charge in [-0.05, 0) is 48.7 Å². The summed E-state index contributed by atoms with van der Waals surface area (Å²) in [5.41, 5.74) is 1.71. The number of alkyl halides is 4. The van der Waals surface area contributed by atoms with E-state index in [4.69, 9.17) is 9.47 Å². The van der Waals surface area contributed by atoms with Gasteiger partial charge < -0.3 is 30.3 Å². The van der Waals surface area contributed by atoms with E-state index in [2.05, 4.69) is 27.8 Å². The molecule has 2 aromatic carbocycles. The van der Waals surface area contributed by atoms with Crippen LogP contribution in [0.25, 0.3) is 10.1 Å². The molecule has 1 saturated heterocycles. The van der Waals surface area contributed by atoms with Crippen molar-refractivity contribution in [1.29, 1.82) is 0 Å². The zero-order valence-electron chi connectivity index (χ0n) is 23.7. The van der Waals surface area contributed by atoms with Crippen molar-refractivity contribution in [2.24, 2.45) is 0 Å². The lowest BCUT2D eigenvalue weighted by Gasteiger charge is -2.33. The second-order valence-electron chi connectivity index (χ2n) is 10.0. The number of thiophene rings is 1. The maximum Gasteiger partial charge on any atom is 0.393 e. The number of benzene rings is 2. The maximum atomic E-state index is 14.7. The molecular formula is C30H34F4N4O3S. The number of nitrogens with zero attached hydrogens (tertiary/aromatic N) is 1. The van der Waals surface area contributed by atoms with Crippen LogP contribution in [-0.2, 0) is 11.2 Å². The van der Waals surface area contributed by atoms with E-state index in [0.717, 1.165) is 6.54 Å². The van der Waals surface area contributed by atoms with Crippen molar-refractivity contribution >= 4 is 38.7 Å². The number of likely N-dealkylation sites (tertiary alicyclic amines) is 1. The minimum atomic E-state index is -4.42. The summed E-state index contributed by atoms with van der Waals surface area (Å²) in [5, 5.41) is 9.55. The van der Waals surface area contributed by atoms with E-state index in [9.17, 15) is 22.4 Å². The Labute approximate surface area is 246 Å². The molecule has 1 fully saturated rings. The van der Waals surface area contributed by atoms with Crippen molar-refractivity contribution in [2.75, 3.05) is 64.7 Å². The number of methoxy groups -OCH3 is 2. The van der Waals surface area contributed by atoms with Gasteiger partial charge in [0.25, 0.3) is 5.91 Å². The Hall–Kier alpha value is -3.53. The lowest BCUT2D eigenvalue weighted by atomic mass is 10.0. The van der Waals surface area contributed by atoms with Gasteiger partial charge in [-0.3, -0.25) is 4.79 Å². The maximum absolute atomic E-state index is 14.7. The first-order chi connectivity index (χ1) is 20.1. The van der Waals surface area contributed by atoms with Crippen LogP contribution in [-0.4, -0.2) is 83.3 Å². The van der Waals surface area contributed by atoms with Gasteiger partial charge in [-0.1, -0.05) is 24.0 Å². The first-order valence-electron chi connectivity index (χ1n) is 13.5. The Kier molecular flexibility index (Phi) is 10.5. The molecule has 0 bridgehead atoms. The number of carbonyl (C=O) groups excluding carboxylic acids is 1. The summed E-state index contributed by atoms with van der Waals surface area (Å²) in [6, 6.07) is 9.59. The number of fused-ring (bicyclic) bond motifs is 1. The number of carbonyl (C=O) groups is 1. The zero-order chi connectivity index (χ0) is 30.3. The molecule has 2 atom stereocenters. The molecule has 0 radical (unpaired) electrons. The third-order valence-electron chi connectivity index (χ3n) is 6.91. The smallest absolute Gasteiger partial charge is 0.393 e. The van der Waals surface area contributed by atoms with E-state index in [0.29, 0.717) is 63.8 Å². The van der Waals surface area contributed by atoms with Crippen molar-refractivity contribution in [1.82, 2.24) is 10.2 Å². The van der Waals surface area contributed by atoms with Crippen LogP contribution < -0.4 is 20.7 Å². The van der Waals surface area contributed by atoms with E-state index in [-0.39, 0.29) is 18.0 Å². The van der Waals surface area contributed by atoms with Crippen LogP contribution in [0.3, 0.4) is 0 Å². The van der Waals surface area contributed by atoms with Gasteiger partial charge in [0.15, 0.2) is 0 Å². The normalized spacial score (nSPS) is 17.4. The second-order valence-corrected chi connectivity index (χ2v) is 11.0. The van der Waals surface area contributed by atoms with E-state index in [1.54, 1.807) is 43.5 Å². The average molecular weight is 607 g/mol. The van der Waals surface area contributed by atoms with E-state index >= 15 is 0 Å². The lowest BCUT2D eigenvalue weighted by Crippen LogP contribution is -2.46. The van der Waals surface area contributed by atoms with Crippen LogP contribution in [0.2, 0.25) is 0 Å². The molecule has 0 saturated carbocycles. The first kappa shape index (κ1) is 31.4. The van der Waals surface area contributed by atoms with E-state index < -0.39 is 24.8 Å². The summed E-state index contributed by atoms with van der Waals surface area (Å²) in [6.45, 7) is 1.92. The Morgan fingerprint density at radius 2 is 2.00 bits per heavy atom. The summed E-state index contributed by atoms with van der Waals surface area (Å²) in [5.74, 6) is 5.99. The molecule has 1 aliphatic heterocycles. The molecule has 42 heavy (non-hydrogen) atoms. The van der Waals surface area contributed by atoms with Crippen molar-refractivity contribution < 1.29 is 31.8 Å². The van der Waals surface area contributed by atoms with Crippen LogP contribution in [0.5, 0.6) is 5.75 Å². The summed E-state index contributed by atoms with van der Waals surface area (Å²) < 4.78 is 66.4.